The maximum absolute atomic E-state index is 11.0. The molecule has 0 aromatic heterocycles. The van der Waals surface area contributed by atoms with Gasteiger partial charge in [0, 0.05) is 6.42 Å². The van der Waals surface area contributed by atoms with Gasteiger partial charge in [-0.1, -0.05) is 34.5 Å². The zero-order chi connectivity index (χ0) is 12.6. The molecule has 17 heavy (non-hydrogen) atoms. The van der Waals surface area contributed by atoms with Crippen molar-refractivity contribution in [3.63, 3.8) is 0 Å². The van der Waals surface area contributed by atoms with Gasteiger partial charge in [0.15, 0.2) is 0 Å². The molecule has 0 spiro atoms. The monoisotopic (exact) mass is 233 g/mol. The van der Waals surface area contributed by atoms with Gasteiger partial charge in [0.05, 0.1) is 5.71 Å². The molecule has 4 heteroatoms. The van der Waals surface area contributed by atoms with Crippen LogP contribution in [0.3, 0.4) is 0 Å². The Balaban J connectivity index is 2.29. The normalized spacial score (nSPS) is 23.1. The summed E-state index contributed by atoms with van der Waals surface area (Å²) in [5.74, 6) is -0.986. The number of hydrogen-bond donors (Lipinski definition) is 1. The third-order valence-electron chi connectivity index (χ3n) is 2.87. The first kappa shape index (κ1) is 11.6. The zero-order valence-corrected chi connectivity index (χ0v) is 10.2. The Bertz CT molecular complexity index is 487. The topological polar surface area (TPSA) is 58.9 Å². The molecule has 0 fully saturated rings. The fourth-order valence-electron chi connectivity index (χ4n) is 1.95. The maximum atomic E-state index is 11.0. The van der Waals surface area contributed by atoms with E-state index in [1.54, 1.807) is 0 Å². The average Bonchev–Trinajstić information content (AvgIpc) is 2.61. The van der Waals surface area contributed by atoms with Crippen LogP contribution in [-0.4, -0.2) is 22.4 Å². The lowest BCUT2D eigenvalue weighted by Gasteiger charge is -2.14. The van der Waals surface area contributed by atoms with Gasteiger partial charge in [-0.05, 0) is 26.3 Å². The van der Waals surface area contributed by atoms with E-state index in [1.807, 2.05) is 26.0 Å². The van der Waals surface area contributed by atoms with Crippen LogP contribution in [0.4, 0.5) is 0 Å². The summed E-state index contributed by atoms with van der Waals surface area (Å²) in [4.78, 5) is 16.1. The van der Waals surface area contributed by atoms with E-state index in [1.165, 1.54) is 6.92 Å². The van der Waals surface area contributed by atoms with Crippen LogP contribution in [-0.2, 0) is 9.63 Å². The molecule has 0 saturated heterocycles. The molecule has 0 bridgehead atoms. The Morgan fingerprint density at radius 2 is 1.94 bits per heavy atom. The Morgan fingerprint density at radius 3 is 2.41 bits per heavy atom. The molecule has 1 atom stereocenters. The SMILES string of the molecule is Cc1cc(C)cc(C2=NOC(C)(C(=O)O)C2)c1. The van der Waals surface area contributed by atoms with Gasteiger partial charge in [-0.2, -0.15) is 0 Å². The highest BCUT2D eigenvalue weighted by Gasteiger charge is 2.42. The molecule has 0 aliphatic carbocycles. The van der Waals surface area contributed by atoms with Crippen LogP contribution < -0.4 is 0 Å². The van der Waals surface area contributed by atoms with Gasteiger partial charge < -0.3 is 9.94 Å². The maximum Gasteiger partial charge on any atom is 0.351 e. The lowest BCUT2D eigenvalue weighted by Crippen LogP contribution is -2.35. The fraction of sp³-hybridized carbons (Fsp3) is 0.385. The standard InChI is InChI=1S/C13H15NO3/c1-8-4-9(2)6-10(5-8)11-7-13(3,12(15)16)17-14-11/h4-6H,7H2,1-3H3,(H,15,16). The van der Waals surface area contributed by atoms with E-state index in [4.69, 9.17) is 9.94 Å². The smallest absolute Gasteiger partial charge is 0.351 e. The number of nitrogens with zero attached hydrogens (tertiary/aromatic N) is 1. The Morgan fingerprint density at radius 1 is 1.35 bits per heavy atom. The first-order valence-electron chi connectivity index (χ1n) is 5.48. The second-order valence-electron chi connectivity index (χ2n) is 4.72. The molecule has 0 saturated carbocycles. The molecule has 1 aliphatic rings. The van der Waals surface area contributed by atoms with Gasteiger partial charge in [0.2, 0.25) is 5.60 Å². The van der Waals surface area contributed by atoms with Crippen molar-refractivity contribution in [1.29, 1.82) is 0 Å². The lowest BCUT2D eigenvalue weighted by atomic mass is 9.94. The van der Waals surface area contributed by atoms with E-state index in [9.17, 15) is 4.79 Å². The van der Waals surface area contributed by atoms with Gasteiger partial charge in [0.25, 0.3) is 0 Å². The Labute approximate surface area is 99.9 Å². The van der Waals surface area contributed by atoms with Crippen LogP contribution in [0, 0.1) is 13.8 Å². The average molecular weight is 233 g/mol. The number of carboxylic acid groups (broad SMARTS) is 1. The van der Waals surface area contributed by atoms with Crippen LogP contribution in [0.15, 0.2) is 23.4 Å². The predicted octanol–water partition coefficient (Wildman–Crippen LogP) is 2.27. The number of hydrogen-bond acceptors (Lipinski definition) is 3. The summed E-state index contributed by atoms with van der Waals surface area (Å²) >= 11 is 0. The van der Waals surface area contributed by atoms with E-state index in [2.05, 4.69) is 11.2 Å². The van der Waals surface area contributed by atoms with Crippen molar-refractivity contribution in [3.8, 4) is 0 Å². The van der Waals surface area contributed by atoms with Crippen LogP contribution in [0.1, 0.15) is 30.0 Å². The van der Waals surface area contributed by atoms with E-state index >= 15 is 0 Å². The first-order valence-corrected chi connectivity index (χ1v) is 5.48. The van der Waals surface area contributed by atoms with Crippen LogP contribution in [0.5, 0.6) is 0 Å². The minimum atomic E-state index is -1.23. The van der Waals surface area contributed by atoms with Gasteiger partial charge in [-0.25, -0.2) is 4.79 Å². The number of aryl methyl sites for hydroxylation is 2. The minimum absolute atomic E-state index is 0.297. The number of carboxylic acids is 1. The molecule has 1 unspecified atom stereocenters. The van der Waals surface area contributed by atoms with Crippen molar-refractivity contribution < 1.29 is 14.7 Å². The van der Waals surface area contributed by atoms with Gasteiger partial charge in [0.1, 0.15) is 0 Å². The first-order chi connectivity index (χ1) is 7.90. The van der Waals surface area contributed by atoms with Crippen molar-refractivity contribution in [3.05, 3.63) is 34.9 Å². The van der Waals surface area contributed by atoms with Crippen molar-refractivity contribution in [2.45, 2.75) is 32.8 Å². The zero-order valence-electron chi connectivity index (χ0n) is 10.2. The van der Waals surface area contributed by atoms with Gasteiger partial charge in [-0.15, -0.1) is 0 Å². The van der Waals surface area contributed by atoms with Crippen LogP contribution in [0.2, 0.25) is 0 Å². The van der Waals surface area contributed by atoms with Crippen molar-refractivity contribution in [2.24, 2.45) is 5.16 Å². The summed E-state index contributed by atoms with van der Waals surface area (Å²) in [6, 6.07) is 6.04. The molecular weight excluding hydrogens is 218 g/mol. The molecule has 1 N–H and O–H groups in total. The summed E-state index contributed by atoms with van der Waals surface area (Å²) < 4.78 is 0. The molecule has 0 radical (unpaired) electrons. The van der Waals surface area contributed by atoms with Crippen molar-refractivity contribution >= 4 is 11.7 Å². The van der Waals surface area contributed by atoms with Crippen LogP contribution >= 0.6 is 0 Å². The molecule has 0 amide bonds. The number of aliphatic carboxylic acids is 1. The highest BCUT2D eigenvalue weighted by molar-refractivity contribution is 6.04. The van der Waals surface area contributed by atoms with Crippen molar-refractivity contribution in [2.75, 3.05) is 0 Å². The summed E-state index contributed by atoms with van der Waals surface area (Å²) in [5.41, 5.74) is 2.67. The van der Waals surface area contributed by atoms with E-state index < -0.39 is 11.6 Å². The second kappa shape index (κ2) is 3.87. The summed E-state index contributed by atoms with van der Waals surface area (Å²) in [6.07, 6.45) is 0.297. The highest BCUT2D eigenvalue weighted by atomic mass is 16.7. The number of oxime groups is 1. The van der Waals surface area contributed by atoms with E-state index in [-0.39, 0.29) is 0 Å². The largest absolute Gasteiger partial charge is 0.478 e. The molecule has 90 valence electrons. The fourth-order valence-corrected chi connectivity index (χ4v) is 1.95. The van der Waals surface area contributed by atoms with E-state index in [0.717, 1.165) is 16.7 Å². The second-order valence-corrected chi connectivity index (χ2v) is 4.72. The molecule has 4 nitrogen and oxygen atoms in total. The molecular formula is C13H15NO3. The summed E-state index contributed by atoms with van der Waals surface area (Å²) in [6.45, 7) is 5.54. The number of carbonyl (C=O) groups is 1. The predicted molar refractivity (Wildman–Crippen MR) is 64.2 cm³/mol. The minimum Gasteiger partial charge on any atom is -0.478 e. The van der Waals surface area contributed by atoms with Gasteiger partial charge in [-0.3, -0.25) is 0 Å². The van der Waals surface area contributed by atoms with E-state index in [0.29, 0.717) is 12.1 Å². The Hall–Kier alpha value is -1.84. The third-order valence-corrected chi connectivity index (χ3v) is 2.87. The highest BCUT2D eigenvalue weighted by Crippen LogP contribution is 2.27. The molecule has 1 aromatic rings. The summed E-state index contributed by atoms with van der Waals surface area (Å²) in [5, 5.41) is 12.9. The Kier molecular flexibility index (Phi) is 2.65. The number of benzene rings is 1. The quantitative estimate of drug-likeness (QED) is 0.852. The molecule has 1 heterocycles. The third kappa shape index (κ3) is 2.16. The number of rotatable bonds is 2. The molecule has 1 aromatic carbocycles. The lowest BCUT2D eigenvalue weighted by molar-refractivity contribution is -0.160. The summed E-state index contributed by atoms with van der Waals surface area (Å²) in [7, 11) is 0. The molecule has 1 aliphatic heterocycles. The molecule has 2 rings (SSSR count). The van der Waals surface area contributed by atoms with Crippen LogP contribution in [0.25, 0.3) is 0 Å². The van der Waals surface area contributed by atoms with Gasteiger partial charge >= 0.3 is 5.97 Å². The van der Waals surface area contributed by atoms with Crippen molar-refractivity contribution in [1.82, 2.24) is 0 Å².